The Morgan fingerprint density at radius 1 is 1.07 bits per heavy atom. The Balaban J connectivity index is 1.60. The summed E-state index contributed by atoms with van der Waals surface area (Å²) in [5.41, 5.74) is 2.14. The molecule has 0 aliphatic carbocycles. The lowest BCUT2D eigenvalue weighted by molar-refractivity contribution is -0.274. The van der Waals surface area contributed by atoms with Crippen molar-refractivity contribution in [1.29, 1.82) is 0 Å². The number of alkyl halides is 3. The zero-order valence-electron chi connectivity index (χ0n) is 23.8. The summed E-state index contributed by atoms with van der Waals surface area (Å²) in [6.07, 6.45) is -4.94. The summed E-state index contributed by atoms with van der Waals surface area (Å²) in [7, 11) is -4.35. The molecule has 2 aromatic carbocycles. The van der Waals surface area contributed by atoms with Gasteiger partial charge in [-0.15, -0.1) is 13.2 Å². The van der Waals surface area contributed by atoms with E-state index in [1.54, 1.807) is 11.8 Å². The molecule has 1 aliphatic heterocycles. The normalized spacial score (nSPS) is 16.6. The molecular formula is C28H31F3N4O6S2. The third kappa shape index (κ3) is 7.64. The quantitative estimate of drug-likeness (QED) is 0.367. The van der Waals surface area contributed by atoms with Crippen molar-refractivity contribution in [2.24, 2.45) is 0 Å². The molecule has 1 fully saturated rings. The van der Waals surface area contributed by atoms with Gasteiger partial charge in [-0.2, -0.15) is 4.31 Å². The molecule has 15 heteroatoms. The Bertz CT molecular complexity index is 1580. The summed E-state index contributed by atoms with van der Waals surface area (Å²) in [5.74, 6) is -2.33. The monoisotopic (exact) mass is 640 g/mol. The zero-order valence-corrected chi connectivity index (χ0v) is 25.4. The summed E-state index contributed by atoms with van der Waals surface area (Å²) in [5, 5.41) is 12.6. The first-order valence-corrected chi connectivity index (χ1v) is 15.4. The molecule has 0 unspecified atom stereocenters. The molecule has 2 heterocycles. The van der Waals surface area contributed by atoms with Crippen LogP contribution in [-0.4, -0.2) is 66.7 Å². The first-order valence-electron chi connectivity index (χ1n) is 13.2. The maximum Gasteiger partial charge on any atom is 0.573 e. The Morgan fingerprint density at radius 2 is 1.70 bits per heavy atom. The van der Waals surface area contributed by atoms with E-state index in [1.165, 1.54) is 0 Å². The van der Waals surface area contributed by atoms with E-state index in [0.717, 1.165) is 51.0 Å². The maximum absolute atomic E-state index is 13.7. The third-order valence-electron chi connectivity index (χ3n) is 6.83. The number of carbonyl (C=O) groups excluding carboxylic acids is 1. The number of rotatable bonds is 8. The number of sulfonamides is 1. The van der Waals surface area contributed by atoms with Crippen molar-refractivity contribution in [1.82, 2.24) is 14.6 Å². The number of hydrogen-bond acceptors (Lipinski definition) is 8. The summed E-state index contributed by atoms with van der Waals surface area (Å²) < 4.78 is 69.9. The van der Waals surface area contributed by atoms with Crippen LogP contribution in [0.3, 0.4) is 0 Å². The molecule has 1 atom stereocenters. The number of nitrogens with one attached hydrogen (secondary N) is 1. The minimum absolute atomic E-state index is 0.0333. The average Bonchev–Trinajstić information content (AvgIpc) is 3.32. The molecule has 0 bridgehead atoms. The molecule has 232 valence electrons. The fourth-order valence-electron chi connectivity index (χ4n) is 4.54. The minimum atomic E-state index is -4.94. The number of aryl methyl sites for hydroxylation is 1. The fraction of sp³-hybridized carbons (Fsp3) is 0.393. The average molecular weight is 641 g/mol. The second-order valence-corrected chi connectivity index (χ2v) is 13.8. The number of piperazine rings is 1. The number of carboxylic acid groups (broad SMARTS) is 1. The van der Waals surface area contributed by atoms with Gasteiger partial charge >= 0.3 is 12.3 Å². The van der Waals surface area contributed by atoms with E-state index < -0.39 is 40.1 Å². The molecule has 0 radical (unpaired) electrons. The lowest BCUT2D eigenvalue weighted by atomic mass is 9.87. The van der Waals surface area contributed by atoms with Crippen LogP contribution < -0.4 is 15.0 Å². The lowest BCUT2D eigenvalue weighted by Gasteiger charge is -2.39. The van der Waals surface area contributed by atoms with Crippen LogP contribution in [0.25, 0.3) is 0 Å². The molecule has 1 aliphatic rings. The Kier molecular flexibility index (Phi) is 9.09. The maximum atomic E-state index is 13.7. The van der Waals surface area contributed by atoms with Crippen molar-refractivity contribution in [2.45, 2.75) is 57.0 Å². The van der Waals surface area contributed by atoms with Crippen LogP contribution in [0.15, 0.2) is 53.4 Å². The van der Waals surface area contributed by atoms with E-state index in [4.69, 9.17) is 0 Å². The van der Waals surface area contributed by atoms with Gasteiger partial charge in [-0.3, -0.25) is 4.79 Å². The van der Waals surface area contributed by atoms with Crippen LogP contribution in [-0.2, 0) is 26.8 Å². The van der Waals surface area contributed by atoms with Crippen LogP contribution in [0.5, 0.6) is 5.75 Å². The largest absolute Gasteiger partial charge is 0.573 e. The molecule has 1 saturated heterocycles. The Hall–Kier alpha value is -3.69. The van der Waals surface area contributed by atoms with Crippen LogP contribution in [0.2, 0.25) is 0 Å². The molecule has 10 nitrogen and oxygen atoms in total. The smallest absolute Gasteiger partial charge is 0.477 e. The van der Waals surface area contributed by atoms with Crippen molar-refractivity contribution in [2.75, 3.05) is 24.5 Å². The second-order valence-electron chi connectivity index (χ2n) is 11.0. The highest BCUT2D eigenvalue weighted by molar-refractivity contribution is 7.89. The van der Waals surface area contributed by atoms with Crippen molar-refractivity contribution >= 4 is 38.4 Å². The number of anilines is 1. The number of ether oxygens (including phenoxy) is 1. The molecular weight excluding hydrogens is 609 g/mol. The topological polar surface area (TPSA) is 129 Å². The number of aromatic nitrogens is 1. The van der Waals surface area contributed by atoms with E-state index in [0.29, 0.717) is 10.8 Å². The first-order chi connectivity index (χ1) is 20.0. The number of thiazole rings is 1. The number of amides is 1. The number of carboxylic acids is 1. The van der Waals surface area contributed by atoms with Crippen LogP contribution in [0.4, 0.5) is 18.3 Å². The third-order valence-corrected chi connectivity index (χ3v) is 9.96. The fourth-order valence-corrected chi connectivity index (χ4v) is 7.05. The number of aromatic carboxylic acids is 1. The van der Waals surface area contributed by atoms with E-state index >= 15 is 0 Å². The summed E-state index contributed by atoms with van der Waals surface area (Å²) in [6.45, 7) is 7.70. The van der Waals surface area contributed by atoms with E-state index in [-0.39, 0.29) is 41.4 Å². The predicted molar refractivity (Wildman–Crippen MR) is 154 cm³/mol. The van der Waals surface area contributed by atoms with Crippen LogP contribution in [0, 0.1) is 6.92 Å². The van der Waals surface area contributed by atoms with Gasteiger partial charge in [0, 0.05) is 26.2 Å². The van der Waals surface area contributed by atoms with Crippen molar-refractivity contribution in [3.8, 4) is 5.75 Å². The standard InChI is InChI=1S/C28H31F3N4O6S2/c1-17-23(25(37)38)42-26(33-17)34-13-14-35(43(39,40)21-11-9-20(10-12-21)41-28(29,30)31)22(16-34)24(36)32-15-18-5-7-19(8-6-18)27(2,3)4/h5-12,22H,13-16H2,1-4H3,(H,32,36)(H,37,38)/t22-/m1/s1. The molecule has 4 rings (SSSR count). The molecule has 0 spiro atoms. The Morgan fingerprint density at radius 3 is 2.23 bits per heavy atom. The summed E-state index contributed by atoms with van der Waals surface area (Å²) in [4.78, 5) is 30.8. The van der Waals surface area contributed by atoms with Crippen LogP contribution in [0.1, 0.15) is 47.3 Å². The lowest BCUT2D eigenvalue weighted by Crippen LogP contribution is -2.60. The van der Waals surface area contributed by atoms with Gasteiger partial charge in [-0.1, -0.05) is 56.4 Å². The van der Waals surface area contributed by atoms with Gasteiger partial charge in [0.05, 0.1) is 10.6 Å². The van der Waals surface area contributed by atoms with Crippen molar-refractivity contribution < 1.29 is 41.0 Å². The number of hydrogen-bond donors (Lipinski definition) is 2. The van der Waals surface area contributed by atoms with E-state index in [9.17, 15) is 36.3 Å². The molecule has 1 amide bonds. The number of nitrogens with zero attached hydrogens (tertiary/aromatic N) is 3. The highest BCUT2D eigenvalue weighted by Crippen LogP contribution is 2.31. The van der Waals surface area contributed by atoms with Gasteiger partial charge in [0.15, 0.2) is 5.13 Å². The predicted octanol–water partition coefficient (Wildman–Crippen LogP) is 4.54. The van der Waals surface area contributed by atoms with E-state index in [2.05, 4.69) is 35.8 Å². The number of benzene rings is 2. The molecule has 3 aromatic rings. The van der Waals surface area contributed by atoms with E-state index in [1.807, 2.05) is 24.3 Å². The first kappa shape index (κ1) is 32.2. The van der Waals surface area contributed by atoms with Crippen molar-refractivity contribution in [3.63, 3.8) is 0 Å². The van der Waals surface area contributed by atoms with Gasteiger partial charge in [0.25, 0.3) is 0 Å². The van der Waals surface area contributed by atoms with Gasteiger partial charge in [0.1, 0.15) is 16.7 Å². The molecule has 1 aromatic heterocycles. The zero-order chi connectivity index (χ0) is 31.7. The number of carbonyl (C=O) groups is 2. The number of halogens is 3. The van der Waals surface area contributed by atoms with Gasteiger partial charge in [0.2, 0.25) is 15.9 Å². The van der Waals surface area contributed by atoms with Crippen molar-refractivity contribution in [3.05, 3.63) is 70.2 Å². The molecule has 43 heavy (non-hydrogen) atoms. The van der Waals surface area contributed by atoms with Gasteiger partial charge in [-0.25, -0.2) is 18.2 Å². The highest BCUT2D eigenvalue weighted by Gasteiger charge is 2.41. The molecule has 2 N–H and O–H groups in total. The summed E-state index contributed by atoms with van der Waals surface area (Å²) in [6, 6.07) is 10.1. The minimum Gasteiger partial charge on any atom is -0.477 e. The van der Waals surface area contributed by atoms with Gasteiger partial charge < -0.3 is 20.1 Å². The summed E-state index contributed by atoms with van der Waals surface area (Å²) >= 11 is 0.922. The SMILES string of the molecule is Cc1nc(N2CCN(S(=O)(=O)c3ccc(OC(F)(F)F)cc3)[C@@H](C(=O)NCc3ccc(C(C)(C)C)cc3)C2)sc1C(=O)O. The van der Waals surface area contributed by atoms with Gasteiger partial charge in [-0.05, 0) is 47.7 Å². The van der Waals surface area contributed by atoms with Crippen LogP contribution >= 0.6 is 11.3 Å². The molecule has 0 saturated carbocycles. The highest BCUT2D eigenvalue weighted by atomic mass is 32.2. The Labute approximate surface area is 251 Å². The second kappa shape index (κ2) is 12.1.